The van der Waals surface area contributed by atoms with Crippen molar-refractivity contribution in [2.75, 3.05) is 44.9 Å². The molecule has 3 aromatic rings. The van der Waals surface area contributed by atoms with E-state index in [1.807, 2.05) is 36.8 Å². The summed E-state index contributed by atoms with van der Waals surface area (Å²) >= 11 is 0. The topological polar surface area (TPSA) is 55.1 Å². The number of benzene rings is 1. The molecule has 0 radical (unpaired) electrons. The average molecular weight is 337 g/mol. The Labute approximate surface area is 145 Å². The van der Waals surface area contributed by atoms with Crippen molar-refractivity contribution in [2.45, 2.75) is 0 Å². The number of nitrogens with zero attached hydrogens (tertiary/aromatic N) is 5. The highest BCUT2D eigenvalue weighted by Crippen LogP contribution is 2.36. The zero-order valence-electron chi connectivity index (χ0n) is 14.1. The molecule has 2 aliphatic heterocycles. The SMILES string of the molecule is CN1CCN(c2ncc(-c3ccc4c(c3)OCO4)n3ccnc23)CC1. The molecule has 0 N–H and O–H groups in total. The highest BCUT2D eigenvalue weighted by molar-refractivity contribution is 5.72. The first-order valence-corrected chi connectivity index (χ1v) is 8.45. The standard InChI is InChI=1S/C18H19N5O2/c1-21-6-8-22(9-7-21)17-18-19-4-5-23(18)14(11-20-17)13-2-3-15-16(10-13)25-12-24-15/h2-5,10-11H,6-9,12H2,1H3. The van der Waals surface area contributed by atoms with Crippen molar-refractivity contribution in [2.24, 2.45) is 0 Å². The Hall–Kier alpha value is -2.80. The van der Waals surface area contributed by atoms with E-state index in [1.54, 1.807) is 0 Å². The van der Waals surface area contributed by atoms with Gasteiger partial charge in [0.05, 0.1) is 11.9 Å². The van der Waals surface area contributed by atoms with Crippen LogP contribution in [0.5, 0.6) is 11.5 Å². The number of piperazine rings is 1. The van der Waals surface area contributed by atoms with Crippen LogP contribution in [0.4, 0.5) is 5.82 Å². The van der Waals surface area contributed by atoms with E-state index in [1.165, 1.54) is 0 Å². The van der Waals surface area contributed by atoms with Crippen molar-refractivity contribution in [1.29, 1.82) is 0 Å². The summed E-state index contributed by atoms with van der Waals surface area (Å²) in [5, 5.41) is 0. The Bertz CT molecular complexity index is 930. The summed E-state index contributed by atoms with van der Waals surface area (Å²) in [6.07, 6.45) is 5.73. The number of fused-ring (bicyclic) bond motifs is 2. The van der Waals surface area contributed by atoms with Gasteiger partial charge in [-0.2, -0.15) is 0 Å². The zero-order chi connectivity index (χ0) is 16.8. The molecule has 0 amide bonds. The fourth-order valence-electron chi connectivity index (χ4n) is 3.42. The summed E-state index contributed by atoms with van der Waals surface area (Å²) in [4.78, 5) is 14.0. The largest absolute Gasteiger partial charge is 0.454 e. The van der Waals surface area contributed by atoms with Crippen LogP contribution in [0.2, 0.25) is 0 Å². The maximum atomic E-state index is 5.50. The third kappa shape index (κ3) is 2.39. The number of likely N-dealkylation sites (N-methyl/N-ethyl adjacent to an activating group) is 1. The van der Waals surface area contributed by atoms with Gasteiger partial charge in [0.1, 0.15) is 0 Å². The molecular formula is C18H19N5O2. The average Bonchev–Trinajstić information content (AvgIpc) is 3.30. The van der Waals surface area contributed by atoms with Gasteiger partial charge in [0.2, 0.25) is 6.79 Å². The van der Waals surface area contributed by atoms with Crippen LogP contribution in [0.25, 0.3) is 16.9 Å². The molecule has 5 rings (SSSR count). The van der Waals surface area contributed by atoms with Crippen LogP contribution in [0.3, 0.4) is 0 Å². The molecule has 0 aliphatic carbocycles. The fraction of sp³-hybridized carbons (Fsp3) is 0.333. The molecule has 25 heavy (non-hydrogen) atoms. The van der Waals surface area contributed by atoms with E-state index in [4.69, 9.17) is 14.5 Å². The lowest BCUT2D eigenvalue weighted by atomic mass is 10.1. The lowest BCUT2D eigenvalue weighted by Crippen LogP contribution is -2.45. The van der Waals surface area contributed by atoms with E-state index in [9.17, 15) is 0 Å². The molecular weight excluding hydrogens is 318 g/mol. The van der Waals surface area contributed by atoms with Crippen molar-refractivity contribution in [1.82, 2.24) is 19.3 Å². The molecule has 0 atom stereocenters. The van der Waals surface area contributed by atoms with Gasteiger partial charge in [-0.15, -0.1) is 0 Å². The number of imidazole rings is 1. The minimum atomic E-state index is 0.278. The first-order valence-electron chi connectivity index (χ1n) is 8.45. The lowest BCUT2D eigenvalue weighted by molar-refractivity contribution is 0.174. The second-order valence-electron chi connectivity index (χ2n) is 6.45. The number of aromatic nitrogens is 3. The molecule has 0 bridgehead atoms. The number of anilines is 1. The smallest absolute Gasteiger partial charge is 0.231 e. The Morgan fingerprint density at radius 2 is 1.84 bits per heavy atom. The maximum Gasteiger partial charge on any atom is 0.231 e. The first kappa shape index (κ1) is 14.5. The molecule has 2 aliphatic rings. The van der Waals surface area contributed by atoms with Gasteiger partial charge >= 0.3 is 0 Å². The minimum Gasteiger partial charge on any atom is -0.454 e. The van der Waals surface area contributed by atoms with Gasteiger partial charge in [-0.25, -0.2) is 9.97 Å². The highest BCUT2D eigenvalue weighted by atomic mass is 16.7. The van der Waals surface area contributed by atoms with Gasteiger partial charge in [-0.1, -0.05) is 0 Å². The van der Waals surface area contributed by atoms with Gasteiger partial charge in [-0.05, 0) is 25.2 Å². The zero-order valence-corrected chi connectivity index (χ0v) is 14.1. The van der Waals surface area contributed by atoms with E-state index in [0.717, 1.165) is 60.4 Å². The molecule has 128 valence electrons. The highest BCUT2D eigenvalue weighted by Gasteiger charge is 2.21. The number of rotatable bonds is 2. The van der Waals surface area contributed by atoms with Crippen molar-refractivity contribution < 1.29 is 9.47 Å². The molecule has 7 nitrogen and oxygen atoms in total. The molecule has 1 fully saturated rings. The summed E-state index contributed by atoms with van der Waals surface area (Å²) in [6, 6.07) is 5.96. The van der Waals surface area contributed by atoms with Crippen LogP contribution in [0, 0.1) is 0 Å². The fourth-order valence-corrected chi connectivity index (χ4v) is 3.42. The predicted molar refractivity (Wildman–Crippen MR) is 94.3 cm³/mol. The van der Waals surface area contributed by atoms with Gasteiger partial charge in [0, 0.05) is 44.1 Å². The third-order valence-electron chi connectivity index (χ3n) is 4.88. The summed E-state index contributed by atoms with van der Waals surface area (Å²) in [7, 11) is 2.15. The van der Waals surface area contributed by atoms with E-state index in [0.29, 0.717) is 0 Å². The molecule has 4 heterocycles. The van der Waals surface area contributed by atoms with E-state index in [2.05, 4.69) is 26.2 Å². The predicted octanol–water partition coefficient (Wildman–Crippen LogP) is 1.88. The van der Waals surface area contributed by atoms with Crippen molar-refractivity contribution in [3.05, 3.63) is 36.8 Å². The Morgan fingerprint density at radius 1 is 1.00 bits per heavy atom. The summed E-state index contributed by atoms with van der Waals surface area (Å²) in [6.45, 7) is 4.29. The van der Waals surface area contributed by atoms with Crippen molar-refractivity contribution in [3.63, 3.8) is 0 Å². The molecule has 0 unspecified atom stereocenters. The quantitative estimate of drug-likeness (QED) is 0.712. The molecule has 0 spiro atoms. The van der Waals surface area contributed by atoms with Crippen LogP contribution in [-0.2, 0) is 0 Å². The number of ether oxygens (including phenoxy) is 2. The Morgan fingerprint density at radius 3 is 2.72 bits per heavy atom. The summed E-state index contributed by atoms with van der Waals surface area (Å²) in [5.41, 5.74) is 2.91. The summed E-state index contributed by atoms with van der Waals surface area (Å²) in [5.74, 6) is 2.50. The number of hydrogen-bond donors (Lipinski definition) is 0. The second kappa shape index (κ2) is 5.63. The molecule has 2 aromatic heterocycles. The van der Waals surface area contributed by atoms with E-state index < -0.39 is 0 Å². The van der Waals surface area contributed by atoms with E-state index >= 15 is 0 Å². The van der Waals surface area contributed by atoms with Crippen LogP contribution >= 0.6 is 0 Å². The molecule has 7 heteroatoms. The van der Waals surface area contributed by atoms with Crippen LogP contribution in [-0.4, -0.2) is 59.3 Å². The van der Waals surface area contributed by atoms with Gasteiger partial charge in [0.25, 0.3) is 0 Å². The van der Waals surface area contributed by atoms with Crippen molar-refractivity contribution in [3.8, 4) is 22.8 Å². The minimum absolute atomic E-state index is 0.278. The van der Waals surface area contributed by atoms with Gasteiger partial charge < -0.3 is 19.3 Å². The normalized spacial score (nSPS) is 17.4. The maximum absolute atomic E-state index is 5.50. The van der Waals surface area contributed by atoms with Crippen LogP contribution in [0.1, 0.15) is 0 Å². The van der Waals surface area contributed by atoms with Gasteiger partial charge in [-0.3, -0.25) is 4.40 Å². The monoisotopic (exact) mass is 337 g/mol. The van der Waals surface area contributed by atoms with Gasteiger partial charge in [0.15, 0.2) is 23.0 Å². The lowest BCUT2D eigenvalue weighted by Gasteiger charge is -2.33. The van der Waals surface area contributed by atoms with E-state index in [-0.39, 0.29) is 6.79 Å². The first-order chi connectivity index (χ1) is 12.3. The third-order valence-corrected chi connectivity index (χ3v) is 4.88. The molecule has 1 saturated heterocycles. The second-order valence-corrected chi connectivity index (χ2v) is 6.45. The number of hydrogen-bond acceptors (Lipinski definition) is 6. The molecule has 1 aromatic carbocycles. The Kier molecular flexibility index (Phi) is 3.27. The Balaban J connectivity index is 1.57. The van der Waals surface area contributed by atoms with Crippen LogP contribution in [0.15, 0.2) is 36.8 Å². The molecule has 0 saturated carbocycles. The summed E-state index contributed by atoms with van der Waals surface area (Å²) < 4.78 is 13.0. The van der Waals surface area contributed by atoms with Crippen molar-refractivity contribution >= 4 is 11.5 Å². The van der Waals surface area contributed by atoms with Crippen LogP contribution < -0.4 is 14.4 Å².